The number of halogens is 1. The van der Waals surface area contributed by atoms with Crippen molar-refractivity contribution in [3.8, 4) is 0 Å². The summed E-state index contributed by atoms with van der Waals surface area (Å²) in [4.78, 5) is 13.7. The van der Waals surface area contributed by atoms with Crippen LogP contribution in [0.4, 0.5) is 0 Å². The van der Waals surface area contributed by atoms with Crippen LogP contribution >= 0.6 is 15.9 Å². The van der Waals surface area contributed by atoms with Crippen LogP contribution in [0.15, 0.2) is 0 Å². The van der Waals surface area contributed by atoms with Gasteiger partial charge >= 0.3 is 0 Å². The summed E-state index contributed by atoms with van der Waals surface area (Å²) in [6, 6.07) is 0. The normalized spacial score (nSPS) is 24.2. The minimum Gasteiger partial charge on any atom is -0.341 e. The molecule has 0 radical (unpaired) electrons. The number of alkyl halides is 1. The fraction of sp³-hybridized carbons (Fsp3) is 0.889. The fourth-order valence-electron chi connectivity index (χ4n) is 1.46. The highest BCUT2D eigenvalue weighted by molar-refractivity contribution is 9.09. The number of carbonyl (C=O) groups excluding carboxylic acids is 1. The van der Waals surface area contributed by atoms with Gasteiger partial charge in [0.15, 0.2) is 0 Å². The zero-order valence-corrected chi connectivity index (χ0v) is 9.80. The molecule has 0 aromatic rings. The Bertz CT molecular complexity index is 206. The summed E-state index contributed by atoms with van der Waals surface area (Å²) >= 11 is 3.45. The first kappa shape index (κ1) is 11.0. The minimum absolute atomic E-state index is 0.0344. The molecule has 13 heavy (non-hydrogen) atoms. The quantitative estimate of drug-likeness (QED) is 0.757. The fourth-order valence-corrected chi connectivity index (χ4v) is 2.08. The van der Waals surface area contributed by atoms with Gasteiger partial charge in [0.05, 0.1) is 0 Å². The van der Waals surface area contributed by atoms with E-state index in [1.807, 2.05) is 4.90 Å². The molecular formula is C9H17BrN2O. The van der Waals surface area contributed by atoms with Crippen molar-refractivity contribution in [1.82, 2.24) is 4.90 Å². The van der Waals surface area contributed by atoms with Gasteiger partial charge in [0, 0.05) is 24.3 Å². The van der Waals surface area contributed by atoms with Crippen molar-refractivity contribution in [3.05, 3.63) is 0 Å². The van der Waals surface area contributed by atoms with Crippen LogP contribution in [0.1, 0.15) is 20.3 Å². The second kappa shape index (κ2) is 3.96. The highest BCUT2D eigenvalue weighted by Crippen LogP contribution is 2.23. The van der Waals surface area contributed by atoms with Crippen molar-refractivity contribution >= 4 is 21.8 Å². The molecule has 0 aromatic carbocycles. The average molecular weight is 249 g/mol. The lowest BCUT2D eigenvalue weighted by Gasteiger charge is -2.28. The highest BCUT2D eigenvalue weighted by Gasteiger charge is 2.31. The Hall–Kier alpha value is -0.0900. The van der Waals surface area contributed by atoms with E-state index in [1.165, 1.54) is 0 Å². The largest absolute Gasteiger partial charge is 0.341 e. The minimum atomic E-state index is 0.0344. The summed E-state index contributed by atoms with van der Waals surface area (Å²) in [6.07, 6.45) is 0.626. The van der Waals surface area contributed by atoms with Gasteiger partial charge < -0.3 is 10.6 Å². The number of rotatable bonds is 3. The van der Waals surface area contributed by atoms with Gasteiger partial charge in [-0.2, -0.15) is 0 Å². The van der Waals surface area contributed by atoms with Crippen molar-refractivity contribution in [1.29, 1.82) is 0 Å². The lowest BCUT2D eigenvalue weighted by molar-refractivity contribution is -0.128. The monoisotopic (exact) mass is 248 g/mol. The molecule has 0 spiro atoms. The Morgan fingerprint density at radius 1 is 1.69 bits per heavy atom. The highest BCUT2D eigenvalue weighted by atomic mass is 79.9. The van der Waals surface area contributed by atoms with Gasteiger partial charge in [0.25, 0.3) is 0 Å². The van der Waals surface area contributed by atoms with Gasteiger partial charge in [-0.3, -0.25) is 4.79 Å². The maximum absolute atomic E-state index is 11.4. The van der Waals surface area contributed by atoms with E-state index in [2.05, 4.69) is 29.8 Å². The summed E-state index contributed by atoms with van der Waals surface area (Å²) in [5.41, 5.74) is 5.65. The zero-order chi connectivity index (χ0) is 10.1. The first-order valence-electron chi connectivity index (χ1n) is 4.56. The van der Waals surface area contributed by atoms with Gasteiger partial charge in [0.2, 0.25) is 5.91 Å². The Labute approximate surface area is 87.8 Å². The average Bonchev–Trinajstić information content (AvgIpc) is 2.30. The molecule has 1 aliphatic heterocycles. The molecule has 1 aliphatic rings. The van der Waals surface area contributed by atoms with Crippen molar-refractivity contribution in [2.24, 2.45) is 11.1 Å². The lowest BCUT2D eigenvalue weighted by Crippen LogP contribution is -2.39. The summed E-state index contributed by atoms with van der Waals surface area (Å²) in [6.45, 7) is 6.38. The molecule has 1 heterocycles. The van der Waals surface area contributed by atoms with E-state index in [4.69, 9.17) is 5.73 Å². The molecule has 1 fully saturated rings. The molecule has 0 aromatic heterocycles. The predicted octanol–water partition coefficient (Wildman–Crippen LogP) is 0.967. The summed E-state index contributed by atoms with van der Waals surface area (Å²) in [7, 11) is 0. The van der Waals surface area contributed by atoms with Crippen LogP contribution in [-0.2, 0) is 4.79 Å². The van der Waals surface area contributed by atoms with E-state index in [0.717, 1.165) is 13.1 Å². The van der Waals surface area contributed by atoms with Gasteiger partial charge in [-0.15, -0.1) is 0 Å². The summed E-state index contributed by atoms with van der Waals surface area (Å²) < 4.78 is 0. The molecular weight excluding hydrogens is 232 g/mol. The van der Waals surface area contributed by atoms with Crippen LogP contribution in [0.2, 0.25) is 0 Å². The van der Waals surface area contributed by atoms with Crippen LogP contribution in [-0.4, -0.2) is 35.3 Å². The SMILES string of the molecule is CC(C)(CN)CN1CC(Br)CC1=O. The Morgan fingerprint density at radius 2 is 2.31 bits per heavy atom. The first-order chi connectivity index (χ1) is 5.94. The predicted molar refractivity (Wildman–Crippen MR) is 56.7 cm³/mol. The second-order valence-corrected chi connectivity index (χ2v) is 5.74. The molecule has 4 heteroatoms. The Balaban J connectivity index is 2.50. The third kappa shape index (κ3) is 2.95. The van der Waals surface area contributed by atoms with Gasteiger partial charge in [-0.05, 0) is 12.0 Å². The van der Waals surface area contributed by atoms with Crippen molar-refractivity contribution in [2.45, 2.75) is 25.1 Å². The molecule has 0 saturated carbocycles. The third-order valence-electron chi connectivity index (χ3n) is 2.34. The zero-order valence-electron chi connectivity index (χ0n) is 8.22. The van der Waals surface area contributed by atoms with E-state index in [9.17, 15) is 4.79 Å². The third-order valence-corrected chi connectivity index (χ3v) is 2.95. The number of nitrogens with zero attached hydrogens (tertiary/aromatic N) is 1. The van der Waals surface area contributed by atoms with Crippen LogP contribution in [0.25, 0.3) is 0 Å². The van der Waals surface area contributed by atoms with Gasteiger partial charge in [0.1, 0.15) is 0 Å². The smallest absolute Gasteiger partial charge is 0.223 e. The first-order valence-corrected chi connectivity index (χ1v) is 5.48. The van der Waals surface area contributed by atoms with E-state index in [1.54, 1.807) is 0 Å². The molecule has 1 unspecified atom stereocenters. The standard InChI is InChI=1S/C9H17BrN2O/c1-9(2,5-11)6-12-4-7(10)3-8(12)13/h7H,3-6,11H2,1-2H3. The number of likely N-dealkylation sites (tertiary alicyclic amines) is 1. The van der Waals surface area contributed by atoms with Crippen LogP contribution in [0.3, 0.4) is 0 Å². The molecule has 1 rings (SSSR count). The van der Waals surface area contributed by atoms with Crippen LogP contribution in [0.5, 0.6) is 0 Å². The van der Waals surface area contributed by atoms with E-state index in [0.29, 0.717) is 17.8 Å². The van der Waals surface area contributed by atoms with E-state index < -0.39 is 0 Å². The molecule has 1 saturated heterocycles. The molecule has 1 atom stereocenters. The molecule has 0 aliphatic carbocycles. The molecule has 2 N–H and O–H groups in total. The van der Waals surface area contributed by atoms with Gasteiger partial charge in [-0.25, -0.2) is 0 Å². The number of hydrogen-bond acceptors (Lipinski definition) is 2. The maximum atomic E-state index is 11.4. The number of nitrogens with two attached hydrogens (primary N) is 1. The van der Waals surface area contributed by atoms with Crippen molar-refractivity contribution in [2.75, 3.05) is 19.6 Å². The number of carbonyl (C=O) groups is 1. The van der Waals surface area contributed by atoms with Gasteiger partial charge in [-0.1, -0.05) is 29.8 Å². The lowest BCUT2D eigenvalue weighted by atomic mass is 9.93. The maximum Gasteiger partial charge on any atom is 0.223 e. The van der Waals surface area contributed by atoms with E-state index >= 15 is 0 Å². The molecule has 0 bridgehead atoms. The number of hydrogen-bond donors (Lipinski definition) is 1. The van der Waals surface area contributed by atoms with Crippen molar-refractivity contribution < 1.29 is 4.79 Å². The van der Waals surface area contributed by atoms with Crippen LogP contribution < -0.4 is 5.73 Å². The molecule has 1 amide bonds. The summed E-state index contributed by atoms with van der Waals surface area (Å²) in [5, 5.41) is 0. The van der Waals surface area contributed by atoms with Crippen LogP contribution in [0, 0.1) is 5.41 Å². The number of amides is 1. The topological polar surface area (TPSA) is 46.3 Å². The molecule has 76 valence electrons. The van der Waals surface area contributed by atoms with E-state index in [-0.39, 0.29) is 11.3 Å². The molecule has 3 nitrogen and oxygen atoms in total. The Kier molecular flexibility index (Phi) is 3.35. The summed E-state index contributed by atoms with van der Waals surface area (Å²) in [5.74, 6) is 0.239. The Morgan fingerprint density at radius 3 is 2.69 bits per heavy atom. The van der Waals surface area contributed by atoms with Crippen molar-refractivity contribution in [3.63, 3.8) is 0 Å². The second-order valence-electron chi connectivity index (χ2n) is 4.44.